The number of halogens is 2. The normalized spacial score (nSPS) is 20.8. The fourth-order valence-electron chi connectivity index (χ4n) is 3.15. The maximum Gasteiger partial charge on any atom is 0.272 e. The standard InChI is InChI=1S/C17H19F2N3O2/c1-10(2)22-15(5-6-20-22)17(24)21-9-12(23)8-16(21)13-7-11(18)3-4-14(13)19/h3-7,10,12,16,23H,8-9H2,1-2H3. The van der Waals surface area contributed by atoms with E-state index in [1.807, 2.05) is 13.8 Å². The van der Waals surface area contributed by atoms with E-state index in [-0.39, 0.29) is 30.5 Å². The fraction of sp³-hybridized carbons (Fsp3) is 0.412. The summed E-state index contributed by atoms with van der Waals surface area (Å²) >= 11 is 0. The van der Waals surface area contributed by atoms with Crippen LogP contribution in [-0.2, 0) is 0 Å². The minimum atomic E-state index is -0.781. The average molecular weight is 335 g/mol. The van der Waals surface area contributed by atoms with Crippen LogP contribution in [0.3, 0.4) is 0 Å². The molecule has 2 aromatic rings. The number of hydrogen-bond donors (Lipinski definition) is 1. The van der Waals surface area contributed by atoms with Gasteiger partial charge in [-0.2, -0.15) is 5.10 Å². The second kappa shape index (κ2) is 6.32. The van der Waals surface area contributed by atoms with Crippen molar-refractivity contribution in [1.29, 1.82) is 0 Å². The lowest BCUT2D eigenvalue weighted by atomic mass is 10.0. The van der Waals surface area contributed by atoms with Crippen LogP contribution in [0.4, 0.5) is 8.78 Å². The molecule has 5 nitrogen and oxygen atoms in total. The Morgan fingerprint density at radius 3 is 2.79 bits per heavy atom. The van der Waals surface area contributed by atoms with Gasteiger partial charge in [0.25, 0.3) is 5.91 Å². The van der Waals surface area contributed by atoms with Crippen LogP contribution in [0.15, 0.2) is 30.5 Å². The lowest BCUT2D eigenvalue weighted by Gasteiger charge is -2.25. The molecule has 24 heavy (non-hydrogen) atoms. The first-order valence-electron chi connectivity index (χ1n) is 7.86. The molecule has 1 aromatic heterocycles. The van der Waals surface area contributed by atoms with Crippen molar-refractivity contribution in [3.63, 3.8) is 0 Å². The van der Waals surface area contributed by atoms with Crippen LogP contribution in [0.1, 0.15) is 48.4 Å². The number of benzene rings is 1. The summed E-state index contributed by atoms with van der Waals surface area (Å²) < 4.78 is 29.2. The first-order chi connectivity index (χ1) is 11.4. The van der Waals surface area contributed by atoms with E-state index < -0.39 is 23.8 Å². The number of likely N-dealkylation sites (tertiary alicyclic amines) is 1. The van der Waals surface area contributed by atoms with Crippen LogP contribution in [0, 0.1) is 11.6 Å². The number of aromatic nitrogens is 2. The molecule has 1 aromatic carbocycles. The lowest BCUT2D eigenvalue weighted by Crippen LogP contribution is -2.34. The van der Waals surface area contributed by atoms with E-state index in [0.717, 1.165) is 18.2 Å². The lowest BCUT2D eigenvalue weighted by molar-refractivity contribution is 0.0699. The molecule has 1 aliphatic rings. The van der Waals surface area contributed by atoms with Gasteiger partial charge in [0.05, 0.1) is 12.1 Å². The molecule has 0 bridgehead atoms. The largest absolute Gasteiger partial charge is 0.391 e. The predicted octanol–water partition coefficient (Wildman–Crippen LogP) is 2.69. The van der Waals surface area contributed by atoms with Crippen LogP contribution < -0.4 is 0 Å². The number of amides is 1. The van der Waals surface area contributed by atoms with Crippen LogP contribution in [0.5, 0.6) is 0 Å². The number of carbonyl (C=O) groups excluding carboxylic acids is 1. The SMILES string of the molecule is CC(C)n1nccc1C(=O)N1CC(O)CC1c1cc(F)ccc1F. The van der Waals surface area contributed by atoms with E-state index in [4.69, 9.17) is 0 Å². The molecular weight excluding hydrogens is 316 g/mol. The predicted molar refractivity (Wildman–Crippen MR) is 83.4 cm³/mol. The third-order valence-electron chi connectivity index (χ3n) is 4.24. The smallest absolute Gasteiger partial charge is 0.272 e. The van der Waals surface area contributed by atoms with Gasteiger partial charge >= 0.3 is 0 Å². The maximum absolute atomic E-state index is 14.1. The Morgan fingerprint density at radius 2 is 2.08 bits per heavy atom. The Kier molecular flexibility index (Phi) is 4.36. The van der Waals surface area contributed by atoms with Crippen LogP contribution >= 0.6 is 0 Å². The van der Waals surface area contributed by atoms with Gasteiger partial charge in [0.2, 0.25) is 0 Å². The van der Waals surface area contributed by atoms with Gasteiger partial charge in [-0.1, -0.05) is 0 Å². The second-order valence-corrected chi connectivity index (χ2v) is 6.28. The first kappa shape index (κ1) is 16.6. The highest BCUT2D eigenvalue weighted by Gasteiger charge is 2.38. The molecule has 2 atom stereocenters. The molecule has 1 aliphatic heterocycles. The molecule has 0 spiro atoms. The minimum absolute atomic E-state index is 0.0177. The number of aliphatic hydroxyl groups excluding tert-OH is 1. The zero-order chi connectivity index (χ0) is 17.4. The van der Waals surface area contributed by atoms with Crippen molar-refractivity contribution in [3.8, 4) is 0 Å². The minimum Gasteiger partial charge on any atom is -0.391 e. The Balaban J connectivity index is 1.97. The van der Waals surface area contributed by atoms with Gasteiger partial charge < -0.3 is 10.0 Å². The molecule has 0 aliphatic carbocycles. The van der Waals surface area contributed by atoms with Crippen molar-refractivity contribution >= 4 is 5.91 Å². The van der Waals surface area contributed by atoms with Crippen molar-refractivity contribution in [3.05, 3.63) is 53.4 Å². The summed E-state index contributed by atoms with van der Waals surface area (Å²) in [6.07, 6.45) is 0.913. The number of nitrogens with zero attached hydrogens (tertiary/aromatic N) is 3. The Hall–Kier alpha value is -2.28. The number of carbonyl (C=O) groups is 1. The molecule has 128 valence electrons. The van der Waals surface area contributed by atoms with Gasteiger partial charge in [-0.3, -0.25) is 9.48 Å². The summed E-state index contributed by atoms with van der Waals surface area (Å²) in [6.45, 7) is 3.86. The van der Waals surface area contributed by atoms with Gasteiger partial charge in [0, 0.05) is 24.3 Å². The monoisotopic (exact) mass is 335 g/mol. The highest BCUT2D eigenvalue weighted by molar-refractivity contribution is 5.93. The average Bonchev–Trinajstić information content (AvgIpc) is 3.15. The summed E-state index contributed by atoms with van der Waals surface area (Å²) in [5.41, 5.74) is 0.441. The molecule has 7 heteroatoms. The van der Waals surface area contributed by atoms with Gasteiger partial charge in [-0.05, 0) is 44.5 Å². The Bertz CT molecular complexity index is 760. The van der Waals surface area contributed by atoms with Crippen molar-refractivity contribution < 1.29 is 18.7 Å². The molecule has 2 unspecified atom stereocenters. The third-order valence-corrected chi connectivity index (χ3v) is 4.24. The maximum atomic E-state index is 14.1. The highest BCUT2D eigenvalue weighted by Crippen LogP contribution is 2.35. The number of rotatable bonds is 3. The summed E-state index contributed by atoms with van der Waals surface area (Å²) in [4.78, 5) is 14.3. The van der Waals surface area contributed by atoms with Crippen LogP contribution in [0.2, 0.25) is 0 Å². The zero-order valence-corrected chi connectivity index (χ0v) is 13.5. The van der Waals surface area contributed by atoms with Gasteiger partial charge in [0.1, 0.15) is 17.3 Å². The molecule has 0 saturated carbocycles. The van der Waals surface area contributed by atoms with Gasteiger partial charge in [-0.25, -0.2) is 8.78 Å². The molecular formula is C17H19F2N3O2. The van der Waals surface area contributed by atoms with E-state index in [2.05, 4.69) is 5.10 Å². The van der Waals surface area contributed by atoms with E-state index in [0.29, 0.717) is 5.69 Å². The third kappa shape index (κ3) is 2.91. The quantitative estimate of drug-likeness (QED) is 0.938. The highest BCUT2D eigenvalue weighted by atomic mass is 19.1. The molecule has 3 rings (SSSR count). The number of β-amino-alcohol motifs (C(OH)–C–C–N with tert-alkyl or cyclic N) is 1. The molecule has 1 amide bonds. The molecule has 1 fully saturated rings. The van der Waals surface area contributed by atoms with E-state index in [1.165, 1.54) is 11.1 Å². The zero-order valence-electron chi connectivity index (χ0n) is 13.5. The Labute approximate surface area is 138 Å². The molecule has 1 saturated heterocycles. The molecule has 2 heterocycles. The van der Waals surface area contributed by atoms with Crippen LogP contribution in [0.25, 0.3) is 0 Å². The summed E-state index contributed by atoms with van der Waals surface area (Å²) in [5.74, 6) is -1.52. The first-order valence-corrected chi connectivity index (χ1v) is 7.86. The molecule has 1 N–H and O–H groups in total. The van der Waals surface area contributed by atoms with Crippen molar-refractivity contribution in [1.82, 2.24) is 14.7 Å². The van der Waals surface area contributed by atoms with Crippen molar-refractivity contribution in [2.75, 3.05) is 6.54 Å². The topological polar surface area (TPSA) is 58.4 Å². The number of aliphatic hydroxyl groups is 1. The summed E-state index contributed by atoms with van der Waals surface area (Å²) in [6, 6.07) is 4.01. The van der Waals surface area contributed by atoms with Crippen molar-refractivity contribution in [2.24, 2.45) is 0 Å². The Morgan fingerprint density at radius 1 is 1.33 bits per heavy atom. The fourth-order valence-corrected chi connectivity index (χ4v) is 3.15. The second-order valence-electron chi connectivity index (χ2n) is 6.28. The van der Waals surface area contributed by atoms with E-state index in [9.17, 15) is 18.7 Å². The van der Waals surface area contributed by atoms with Crippen molar-refractivity contribution in [2.45, 2.75) is 38.5 Å². The molecule has 0 radical (unpaired) electrons. The van der Waals surface area contributed by atoms with Crippen LogP contribution in [-0.4, -0.2) is 38.3 Å². The van der Waals surface area contributed by atoms with Gasteiger partial charge in [0.15, 0.2) is 0 Å². The van der Waals surface area contributed by atoms with Gasteiger partial charge in [-0.15, -0.1) is 0 Å². The number of hydrogen-bond acceptors (Lipinski definition) is 3. The summed E-state index contributed by atoms with van der Waals surface area (Å²) in [7, 11) is 0. The summed E-state index contributed by atoms with van der Waals surface area (Å²) in [5, 5.41) is 14.1. The van der Waals surface area contributed by atoms with E-state index in [1.54, 1.807) is 10.7 Å². The van der Waals surface area contributed by atoms with E-state index >= 15 is 0 Å².